The number of carbonyl (C=O) groups excluding carboxylic acids is 1. The third-order valence-electron chi connectivity index (χ3n) is 7.83. The van der Waals surface area contributed by atoms with Gasteiger partial charge in [0.25, 0.3) is 0 Å². The number of aliphatic hydroxyl groups is 1. The van der Waals surface area contributed by atoms with E-state index in [1.165, 1.54) is 0 Å². The zero-order valence-electron chi connectivity index (χ0n) is 19.4. The molecule has 1 aliphatic rings. The lowest BCUT2D eigenvalue weighted by molar-refractivity contribution is -0.136. The summed E-state index contributed by atoms with van der Waals surface area (Å²) in [6.45, 7) is 14.8. The van der Waals surface area contributed by atoms with Crippen molar-refractivity contribution >= 4 is 21.1 Å². The van der Waals surface area contributed by atoms with Crippen molar-refractivity contribution in [2.24, 2.45) is 0 Å². The van der Waals surface area contributed by atoms with Crippen LogP contribution >= 0.6 is 0 Å². The van der Waals surface area contributed by atoms with Crippen LogP contribution in [-0.2, 0) is 10.4 Å². The fourth-order valence-corrected chi connectivity index (χ4v) is 11.0. The number of amides is 1. The second-order valence-electron chi connectivity index (χ2n) is 10.4. The summed E-state index contributed by atoms with van der Waals surface area (Å²) in [5.41, 5.74) is 0.560. The van der Waals surface area contributed by atoms with Gasteiger partial charge in [0.15, 0.2) is 0 Å². The minimum atomic E-state index is -1.72. The Hall–Kier alpha value is -1.70. The van der Waals surface area contributed by atoms with E-state index in [2.05, 4.69) is 39.7 Å². The van der Waals surface area contributed by atoms with Gasteiger partial charge in [0.1, 0.15) is 5.60 Å². The molecule has 2 aromatic rings. The standard InChI is InChI=1S/C25H37NO2Si2/c1-20(30(5,6)29(2,3)4)24(27)26-19-13-18-23(26)25(28,21-14-9-7-10-15-21)22-16-11-8-12-17-22/h7-12,14-17,20,23,28H,13,18-19H2,1-6H3/t20-,23-/m0/s1. The zero-order chi connectivity index (χ0) is 22.2. The molecule has 0 radical (unpaired) electrons. The summed E-state index contributed by atoms with van der Waals surface area (Å²) in [6, 6.07) is 19.5. The lowest BCUT2D eigenvalue weighted by Crippen LogP contribution is -2.60. The molecule has 30 heavy (non-hydrogen) atoms. The van der Waals surface area contributed by atoms with Crippen LogP contribution in [-0.4, -0.2) is 43.7 Å². The summed E-state index contributed by atoms with van der Waals surface area (Å²) in [5.74, 6) is 0.238. The summed E-state index contributed by atoms with van der Waals surface area (Å²) in [7, 11) is -3.15. The fraction of sp³-hybridized carbons (Fsp3) is 0.480. The first-order valence-corrected chi connectivity index (χ1v) is 18.7. The molecular formula is C25H37NO2Si2. The van der Waals surface area contributed by atoms with Crippen LogP contribution in [0.3, 0.4) is 0 Å². The first-order valence-electron chi connectivity index (χ1n) is 11.1. The molecule has 1 N–H and O–H groups in total. The Morgan fingerprint density at radius 3 is 1.87 bits per heavy atom. The van der Waals surface area contributed by atoms with E-state index in [0.29, 0.717) is 0 Å². The van der Waals surface area contributed by atoms with Gasteiger partial charge in [-0.2, -0.15) is 0 Å². The Morgan fingerprint density at radius 1 is 0.967 bits per heavy atom. The van der Waals surface area contributed by atoms with Gasteiger partial charge in [0, 0.05) is 19.7 Å². The van der Waals surface area contributed by atoms with Gasteiger partial charge in [-0.3, -0.25) is 4.79 Å². The molecule has 1 aliphatic heterocycles. The quantitative estimate of drug-likeness (QED) is 0.610. The van der Waals surface area contributed by atoms with E-state index in [0.717, 1.165) is 30.5 Å². The van der Waals surface area contributed by atoms with Crippen LogP contribution in [0.15, 0.2) is 60.7 Å². The summed E-state index contributed by atoms with van der Waals surface area (Å²) < 4.78 is 0. The topological polar surface area (TPSA) is 40.5 Å². The number of benzene rings is 2. The summed E-state index contributed by atoms with van der Waals surface area (Å²) in [4.78, 5) is 15.8. The number of likely N-dealkylation sites (tertiary alicyclic amines) is 1. The Bertz CT molecular complexity index is 822. The number of nitrogens with zero attached hydrogens (tertiary/aromatic N) is 1. The van der Waals surface area contributed by atoms with Crippen LogP contribution in [0.5, 0.6) is 0 Å². The average Bonchev–Trinajstić information content (AvgIpc) is 3.23. The Labute approximate surface area is 183 Å². The third kappa shape index (κ3) is 3.95. The molecule has 1 heterocycles. The van der Waals surface area contributed by atoms with Crippen LogP contribution in [0.25, 0.3) is 0 Å². The first kappa shape index (κ1) is 23.0. The van der Waals surface area contributed by atoms with Gasteiger partial charge < -0.3 is 10.0 Å². The molecule has 0 aromatic heterocycles. The largest absolute Gasteiger partial charge is 0.378 e. The smallest absolute Gasteiger partial charge is 0.222 e. The van der Waals surface area contributed by atoms with Crippen molar-refractivity contribution in [3.05, 3.63) is 71.8 Å². The van der Waals surface area contributed by atoms with Crippen molar-refractivity contribution < 1.29 is 9.90 Å². The van der Waals surface area contributed by atoms with Gasteiger partial charge in [-0.1, -0.05) is 100 Å². The van der Waals surface area contributed by atoms with Gasteiger partial charge in [-0.15, -0.1) is 0 Å². The highest BCUT2D eigenvalue weighted by atomic mass is 29.3. The van der Waals surface area contributed by atoms with E-state index in [4.69, 9.17) is 0 Å². The van der Waals surface area contributed by atoms with E-state index in [9.17, 15) is 9.90 Å². The van der Waals surface area contributed by atoms with Crippen molar-refractivity contribution in [2.75, 3.05) is 6.54 Å². The first-order chi connectivity index (χ1) is 14.0. The van der Waals surface area contributed by atoms with Crippen molar-refractivity contribution in [1.82, 2.24) is 4.90 Å². The molecule has 0 spiro atoms. The molecule has 3 rings (SSSR count). The van der Waals surface area contributed by atoms with Crippen molar-refractivity contribution in [2.45, 2.75) is 69.7 Å². The molecule has 2 aromatic carbocycles. The third-order valence-corrected chi connectivity index (χ3v) is 27.0. The van der Waals surface area contributed by atoms with E-state index in [1.54, 1.807) is 0 Å². The minimum Gasteiger partial charge on any atom is -0.378 e. The molecule has 0 saturated carbocycles. The molecule has 1 saturated heterocycles. The van der Waals surface area contributed by atoms with Gasteiger partial charge in [-0.25, -0.2) is 0 Å². The van der Waals surface area contributed by atoms with E-state index in [-0.39, 0.29) is 17.5 Å². The Kier molecular flexibility index (Phi) is 6.47. The lowest BCUT2D eigenvalue weighted by atomic mass is 9.79. The maximum atomic E-state index is 13.8. The average molecular weight is 440 g/mol. The highest BCUT2D eigenvalue weighted by Gasteiger charge is 2.51. The molecule has 0 bridgehead atoms. The van der Waals surface area contributed by atoms with E-state index >= 15 is 0 Å². The van der Waals surface area contributed by atoms with E-state index in [1.807, 2.05) is 65.6 Å². The molecule has 0 unspecified atom stereocenters. The normalized spacial score (nSPS) is 19.0. The second-order valence-corrected chi connectivity index (χ2v) is 27.6. The summed E-state index contributed by atoms with van der Waals surface area (Å²) in [6.07, 6.45) is 1.74. The lowest BCUT2D eigenvalue weighted by Gasteiger charge is -2.45. The number of hydrogen-bond donors (Lipinski definition) is 1. The maximum absolute atomic E-state index is 13.8. The molecule has 1 amide bonds. The Balaban J connectivity index is 2.04. The SMILES string of the molecule is C[C@@H](C(=O)N1CCC[C@H]1C(O)(c1ccccc1)c1ccccc1)[Si](C)(C)[Si](C)(C)C. The molecule has 2 atom stereocenters. The van der Waals surface area contributed by atoms with Crippen LogP contribution in [0.4, 0.5) is 0 Å². The number of carbonyl (C=O) groups is 1. The minimum absolute atomic E-state index is 0.0561. The predicted octanol–water partition coefficient (Wildman–Crippen LogP) is 5.43. The molecule has 0 aliphatic carbocycles. The van der Waals surface area contributed by atoms with Crippen LogP contribution in [0.2, 0.25) is 38.3 Å². The monoisotopic (exact) mass is 439 g/mol. The van der Waals surface area contributed by atoms with Crippen LogP contribution in [0, 0.1) is 0 Å². The predicted molar refractivity (Wildman–Crippen MR) is 131 cm³/mol. The highest BCUT2D eigenvalue weighted by molar-refractivity contribution is 7.41. The molecular weight excluding hydrogens is 402 g/mol. The van der Waals surface area contributed by atoms with Crippen LogP contribution in [0.1, 0.15) is 30.9 Å². The summed E-state index contributed by atoms with van der Waals surface area (Å²) >= 11 is 0. The Morgan fingerprint density at radius 2 is 1.43 bits per heavy atom. The molecule has 5 heteroatoms. The van der Waals surface area contributed by atoms with Gasteiger partial charge in [0.05, 0.1) is 13.6 Å². The molecule has 162 valence electrons. The van der Waals surface area contributed by atoms with Crippen molar-refractivity contribution in [3.8, 4) is 0 Å². The number of rotatable bonds is 6. The molecule has 1 fully saturated rings. The van der Waals surface area contributed by atoms with Gasteiger partial charge >= 0.3 is 0 Å². The zero-order valence-corrected chi connectivity index (χ0v) is 21.4. The van der Waals surface area contributed by atoms with E-state index < -0.39 is 20.8 Å². The van der Waals surface area contributed by atoms with Gasteiger partial charge in [0.2, 0.25) is 5.91 Å². The van der Waals surface area contributed by atoms with Crippen molar-refractivity contribution in [1.29, 1.82) is 0 Å². The fourth-order valence-electron chi connectivity index (χ4n) is 4.61. The van der Waals surface area contributed by atoms with Crippen molar-refractivity contribution in [3.63, 3.8) is 0 Å². The van der Waals surface area contributed by atoms with Gasteiger partial charge in [-0.05, 0) is 24.0 Å². The molecule has 3 nitrogen and oxygen atoms in total. The highest BCUT2D eigenvalue weighted by Crippen LogP contribution is 2.42. The number of hydrogen-bond acceptors (Lipinski definition) is 2. The van der Waals surface area contributed by atoms with Crippen LogP contribution < -0.4 is 0 Å². The second kappa shape index (κ2) is 8.44. The maximum Gasteiger partial charge on any atom is 0.222 e. The summed E-state index contributed by atoms with van der Waals surface area (Å²) in [5, 5.41) is 12.2.